The average Bonchev–Trinajstić information content (AvgIpc) is 2.13. The molecule has 3 heteroatoms. The SMILES string of the molecule is Cc1c(N)cccc1CSCCO. The van der Waals surface area contributed by atoms with Crippen molar-refractivity contribution in [2.45, 2.75) is 12.7 Å². The van der Waals surface area contributed by atoms with Crippen molar-refractivity contribution in [3.05, 3.63) is 29.3 Å². The fraction of sp³-hybridized carbons (Fsp3) is 0.400. The van der Waals surface area contributed by atoms with E-state index in [0.29, 0.717) is 0 Å². The van der Waals surface area contributed by atoms with Crippen LogP contribution in [0.4, 0.5) is 5.69 Å². The number of anilines is 1. The van der Waals surface area contributed by atoms with E-state index in [9.17, 15) is 0 Å². The summed E-state index contributed by atoms with van der Waals surface area (Å²) in [5, 5.41) is 8.62. The van der Waals surface area contributed by atoms with Gasteiger partial charge in [-0.3, -0.25) is 0 Å². The molecule has 1 aromatic carbocycles. The number of benzene rings is 1. The summed E-state index contributed by atoms with van der Waals surface area (Å²) in [6.07, 6.45) is 0. The Morgan fingerprint density at radius 2 is 2.23 bits per heavy atom. The van der Waals surface area contributed by atoms with Crippen LogP contribution in [0.3, 0.4) is 0 Å². The Balaban J connectivity index is 2.61. The van der Waals surface area contributed by atoms with Gasteiger partial charge >= 0.3 is 0 Å². The van der Waals surface area contributed by atoms with Gasteiger partial charge in [0.1, 0.15) is 0 Å². The number of hydrogen-bond donors (Lipinski definition) is 2. The molecular formula is C10H15NOS. The molecule has 1 aromatic rings. The molecule has 0 aliphatic carbocycles. The van der Waals surface area contributed by atoms with Gasteiger partial charge in [-0.1, -0.05) is 12.1 Å². The second-order valence-corrected chi connectivity index (χ2v) is 4.01. The highest BCUT2D eigenvalue weighted by Gasteiger charge is 2.00. The normalized spacial score (nSPS) is 10.3. The van der Waals surface area contributed by atoms with E-state index in [-0.39, 0.29) is 6.61 Å². The summed E-state index contributed by atoms with van der Waals surface area (Å²) < 4.78 is 0. The monoisotopic (exact) mass is 197 g/mol. The van der Waals surface area contributed by atoms with Crippen molar-refractivity contribution < 1.29 is 5.11 Å². The molecule has 72 valence electrons. The van der Waals surface area contributed by atoms with E-state index in [4.69, 9.17) is 10.8 Å². The van der Waals surface area contributed by atoms with E-state index in [2.05, 4.69) is 6.07 Å². The van der Waals surface area contributed by atoms with Gasteiger partial charge in [-0.05, 0) is 24.1 Å². The highest BCUT2D eigenvalue weighted by molar-refractivity contribution is 7.98. The Hall–Kier alpha value is -0.670. The van der Waals surface area contributed by atoms with Crippen molar-refractivity contribution in [2.75, 3.05) is 18.1 Å². The molecule has 0 aliphatic heterocycles. The molecule has 13 heavy (non-hydrogen) atoms. The lowest BCUT2D eigenvalue weighted by Crippen LogP contribution is -1.95. The molecular weight excluding hydrogens is 182 g/mol. The zero-order valence-corrected chi connectivity index (χ0v) is 8.60. The summed E-state index contributed by atoms with van der Waals surface area (Å²) in [6, 6.07) is 5.96. The fourth-order valence-corrected chi connectivity index (χ4v) is 1.91. The summed E-state index contributed by atoms with van der Waals surface area (Å²) in [4.78, 5) is 0. The standard InChI is InChI=1S/C10H15NOS/c1-8-9(7-13-6-5-12)3-2-4-10(8)11/h2-4,12H,5-7,11H2,1H3. The van der Waals surface area contributed by atoms with Gasteiger partial charge in [0.25, 0.3) is 0 Å². The zero-order valence-electron chi connectivity index (χ0n) is 7.79. The van der Waals surface area contributed by atoms with E-state index in [0.717, 1.165) is 22.8 Å². The minimum Gasteiger partial charge on any atom is -0.399 e. The Morgan fingerprint density at radius 1 is 1.46 bits per heavy atom. The van der Waals surface area contributed by atoms with Gasteiger partial charge in [0.05, 0.1) is 6.61 Å². The number of rotatable bonds is 4. The molecule has 2 nitrogen and oxygen atoms in total. The maximum absolute atomic E-state index is 8.62. The van der Waals surface area contributed by atoms with Gasteiger partial charge in [-0.15, -0.1) is 0 Å². The van der Waals surface area contributed by atoms with Crippen LogP contribution in [0.25, 0.3) is 0 Å². The van der Waals surface area contributed by atoms with Crippen molar-refractivity contribution >= 4 is 17.4 Å². The number of aliphatic hydroxyl groups excluding tert-OH is 1. The van der Waals surface area contributed by atoms with Crippen molar-refractivity contribution in [2.24, 2.45) is 0 Å². The third-order valence-corrected chi connectivity index (χ3v) is 2.97. The van der Waals surface area contributed by atoms with Crippen molar-refractivity contribution in [3.8, 4) is 0 Å². The second kappa shape index (κ2) is 5.14. The fourth-order valence-electron chi connectivity index (χ4n) is 1.11. The minimum absolute atomic E-state index is 0.242. The summed E-state index contributed by atoms with van der Waals surface area (Å²) in [5.74, 6) is 1.71. The van der Waals surface area contributed by atoms with Crippen LogP contribution in [0.5, 0.6) is 0 Å². The first-order valence-corrected chi connectivity index (χ1v) is 5.43. The maximum atomic E-state index is 8.62. The lowest BCUT2D eigenvalue weighted by Gasteiger charge is -2.07. The zero-order chi connectivity index (χ0) is 9.68. The molecule has 0 saturated heterocycles. The van der Waals surface area contributed by atoms with Crippen LogP contribution in [0.2, 0.25) is 0 Å². The molecule has 0 aliphatic rings. The van der Waals surface area contributed by atoms with Crippen molar-refractivity contribution in [1.82, 2.24) is 0 Å². The molecule has 0 saturated carbocycles. The van der Waals surface area contributed by atoms with Crippen LogP contribution in [0, 0.1) is 6.92 Å². The smallest absolute Gasteiger partial charge is 0.0521 e. The van der Waals surface area contributed by atoms with Crippen LogP contribution < -0.4 is 5.73 Å². The highest BCUT2D eigenvalue weighted by atomic mass is 32.2. The van der Waals surface area contributed by atoms with Crippen LogP contribution in [-0.4, -0.2) is 17.5 Å². The van der Waals surface area contributed by atoms with Crippen LogP contribution in [0.15, 0.2) is 18.2 Å². The summed E-state index contributed by atoms with van der Waals surface area (Å²) in [7, 11) is 0. The number of thioether (sulfide) groups is 1. The predicted molar refractivity (Wildman–Crippen MR) is 58.8 cm³/mol. The number of aliphatic hydroxyl groups is 1. The third kappa shape index (κ3) is 2.94. The van der Waals surface area contributed by atoms with Gasteiger partial charge in [0.2, 0.25) is 0 Å². The van der Waals surface area contributed by atoms with Crippen LogP contribution >= 0.6 is 11.8 Å². The van der Waals surface area contributed by atoms with Gasteiger partial charge < -0.3 is 10.8 Å². The molecule has 0 bridgehead atoms. The van der Waals surface area contributed by atoms with Gasteiger partial charge in [0, 0.05) is 17.2 Å². The molecule has 3 N–H and O–H groups in total. The van der Waals surface area contributed by atoms with Crippen LogP contribution in [-0.2, 0) is 5.75 Å². The minimum atomic E-state index is 0.242. The lowest BCUT2D eigenvalue weighted by atomic mass is 10.1. The lowest BCUT2D eigenvalue weighted by molar-refractivity contribution is 0.322. The number of nitrogens with two attached hydrogens (primary N) is 1. The molecule has 0 spiro atoms. The molecule has 0 amide bonds. The Morgan fingerprint density at radius 3 is 2.92 bits per heavy atom. The molecule has 0 atom stereocenters. The summed E-state index contributed by atoms with van der Waals surface area (Å²) in [5.41, 5.74) is 9.04. The van der Waals surface area contributed by atoms with Crippen molar-refractivity contribution in [1.29, 1.82) is 0 Å². The summed E-state index contributed by atoms with van der Waals surface area (Å²) in [6.45, 7) is 2.27. The summed E-state index contributed by atoms with van der Waals surface area (Å²) >= 11 is 1.72. The van der Waals surface area contributed by atoms with E-state index in [1.165, 1.54) is 5.56 Å². The maximum Gasteiger partial charge on any atom is 0.0521 e. The first kappa shape index (κ1) is 10.4. The Labute approximate surface area is 83.1 Å². The van der Waals surface area contributed by atoms with Gasteiger partial charge in [-0.25, -0.2) is 0 Å². The van der Waals surface area contributed by atoms with Crippen molar-refractivity contribution in [3.63, 3.8) is 0 Å². The molecule has 1 rings (SSSR count). The quantitative estimate of drug-likeness (QED) is 0.571. The second-order valence-electron chi connectivity index (χ2n) is 2.91. The highest BCUT2D eigenvalue weighted by Crippen LogP contribution is 2.20. The number of nitrogen functional groups attached to an aromatic ring is 1. The molecule has 0 radical (unpaired) electrons. The number of hydrogen-bond acceptors (Lipinski definition) is 3. The van der Waals surface area contributed by atoms with Crippen LogP contribution in [0.1, 0.15) is 11.1 Å². The molecule has 0 aromatic heterocycles. The van der Waals surface area contributed by atoms with E-state index in [1.54, 1.807) is 11.8 Å². The third-order valence-electron chi connectivity index (χ3n) is 1.98. The largest absolute Gasteiger partial charge is 0.399 e. The van der Waals surface area contributed by atoms with E-state index in [1.807, 2.05) is 19.1 Å². The van der Waals surface area contributed by atoms with E-state index < -0.39 is 0 Å². The molecule has 0 unspecified atom stereocenters. The molecule has 0 heterocycles. The molecule has 0 fully saturated rings. The average molecular weight is 197 g/mol. The van der Waals surface area contributed by atoms with Gasteiger partial charge in [0.15, 0.2) is 0 Å². The van der Waals surface area contributed by atoms with Gasteiger partial charge in [-0.2, -0.15) is 11.8 Å². The first-order chi connectivity index (χ1) is 6.25. The predicted octanol–water partition coefficient (Wildman–Crippen LogP) is 1.80. The Kier molecular flexibility index (Phi) is 4.12. The topological polar surface area (TPSA) is 46.2 Å². The first-order valence-electron chi connectivity index (χ1n) is 4.28. The van der Waals surface area contributed by atoms with E-state index >= 15 is 0 Å². The Bertz CT molecular complexity index is 276.